The highest BCUT2D eigenvalue weighted by Crippen LogP contribution is 2.40. The molecule has 0 amide bonds. The highest BCUT2D eigenvalue weighted by Gasteiger charge is 2.26. The number of methoxy groups -OCH3 is 1. The zero-order chi connectivity index (χ0) is 17.6. The number of nitrogens with one attached hydrogen (secondary N) is 1. The fourth-order valence-corrected chi connectivity index (χ4v) is 3.29. The van der Waals surface area contributed by atoms with E-state index < -0.39 is 0 Å². The van der Waals surface area contributed by atoms with Crippen molar-refractivity contribution < 1.29 is 9.53 Å². The maximum Gasteiger partial charge on any atom is 0.341 e. The van der Waals surface area contributed by atoms with Gasteiger partial charge >= 0.3 is 5.97 Å². The van der Waals surface area contributed by atoms with Crippen LogP contribution < -0.4 is 5.32 Å². The molecule has 0 unspecified atom stereocenters. The minimum absolute atomic E-state index is 0.366. The van der Waals surface area contributed by atoms with Crippen molar-refractivity contribution in [1.82, 2.24) is 9.55 Å². The molecule has 2 heterocycles. The van der Waals surface area contributed by atoms with E-state index in [9.17, 15) is 4.79 Å². The molecule has 128 valence electrons. The average molecular weight is 335 g/mol. The van der Waals surface area contributed by atoms with Gasteiger partial charge in [0.15, 0.2) is 0 Å². The van der Waals surface area contributed by atoms with Gasteiger partial charge in [-0.2, -0.15) is 0 Å². The molecule has 0 saturated heterocycles. The molecule has 25 heavy (non-hydrogen) atoms. The first-order valence-corrected chi connectivity index (χ1v) is 8.48. The number of ether oxygens (including phenoxy) is 1. The van der Waals surface area contributed by atoms with E-state index in [1.54, 1.807) is 0 Å². The van der Waals surface area contributed by atoms with Crippen molar-refractivity contribution in [3.05, 3.63) is 53.3 Å². The molecule has 2 aromatic heterocycles. The molecule has 1 N–H and O–H groups in total. The van der Waals surface area contributed by atoms with E-state index in [2.05, 4.69) is 40.1 Å². The Morgan fingerprint density at radius 1 is 1.32 bits per heavy atom. The third-order valence-electron chi connectivity index (χ3n) is 4.81. The van der Waals surface area contributed by atoms with E-state index in [0.717, 1.165) is 11.3 Å². The van der Waals surface area contributed by atoms with Gasteiger partial charge in [0.05, 0.1) is 7.11 Å². The number of aryl methyl sites for hydroxylation is 2. The molecule has 0 atom stereocenters. The molecule has 1 fully saturated rings. The van der Waals surface area contributed by atoms with Gasteiger partial charge in [-0.3, -0.25) is 0 Å². The number of nitrogens with zero attached hydrogens (tertiary/aromatic N) is 2. The van der Waals surface area contributed by atoms with Crippen molar-refractivity contribution >= 4 is 28.4 Å². The molecule has 0 bridgehead atoms. The fraction of sp³-hybridized carbons (Fsp3) is 0.300. The Kier molecular flexibility index (Phi) is 3.71. The topological polar surface area (TPSA) is 56.1 Å². The first kappa shape index (κ1) is 15.7. The van der Waals surface area contributed by atoms with Crippen LogP contribution in [0.2, 0.25) is 0 Å². The molecule has 0 radical (unpaired) electrons. The summed E-state index contributed by atoms with van der Waals surface area (Å²) in [6, 6.07) is 8.06. The molecule has 4 rings (SSSR count). The molecular formula is C20H21N3O2. The molecular weight excluding hydrogens is 314 g/mol. The number of fused-ring (bicyclic) bond motifs is 1. The van der Waals surface area contributed by atoms with Crippen molar-refractivity contribution in [1.29, 1.82) is 0 Å². The smallest absolute Gasteiger partial charge is 0.341 e. The van der Waals surface area contributed by atoms with Gasteiger partial charge in [-0.05, 0) is 61.1 Å². The summed E-state index contributed by atoms with van der Waals surface area (Å²) in [7, 11) is 3.44. The summed E-state index contributed by atoms with van der Waals surface area (Å²) in [6.45, 7) is 2.09. The van der Waals surface area contributed by atoms with Crippen LogP contribution in [0.15, 0.2) is 36.7 Å². The summed E-state index contributed by atoms with van der Waals surface area (Å²) in [4.78, 5) is 16.7. The molecule has 1 aliphatic rings. The summed E-state index contributed by atoms with van der Waals surface area (Å²) in [5.74, 6) is 0.701. The number of pyridine rings is 1. The number of carbonyl (C=O) groups is 1. The largest absolute Gasteiger partial charge is 0.465 e. The van der Waals surface area contributed by atoms with E-state index >= 15 is 0 Å². The van der Waals surface area contributed by atoms with Gasteiger partial charge in [-0.15, -0.1) is 0 Å². The predicted octanol–water partition coefficient (Wildman–Crippen LogP) is 4.29. The second kappa shape index (κ2) is 5.92. The third-order valence-corrected chi connectivity index (χ3v) is 4.81. The second-order valence-corrected chi connectivity index (χ2v) is 6.71. The summed E-state index contributed by atoms with van der Waals surface area (Å²) in [5.41, 5.74) is 4.88. The second-order valence-electron chi connectivity index (χ2n) is 6.71. The fourth-order valence-electron chi connectivity index (χ4n) is 3.29. The maximum absolute atomic E-state index is 12.2. The van der Waals surface area contributed by atoms with Gasteiger partial charge in [-0.1, -0.05) is 0 Å². The third kappa shape index (κ3) is 2.86. The lowest BCUT2D eigenvalue weighted by atomic mass is 10.1. The SMILES string of the molecule is COC(=O)c1cc(C2CC2)cnc1Nc1ccc2c(c1)c(C)cn2C. The minimum Gasteiger partial charge on any atom is -0.465 e. The lowest BCUT2D eigenvalue weighted by Crippen LogP contribution is -2.08. The molecule has 1 saturated carbocycles. The van der Waals surface area contributed by atoms with Gasteiger partial charge in [-0.25, -0.2) is 9.78 Å². The van der Waals surface area contributed by atoms with Crippen molar-refractivity contribution in [2.24, 2.45) is 7.05 Å². The highest BCUT2D eigenvalue weighted by molar-refractivity contribution is 5.96. The minimum atomic E-state index is -0.366. The van der Waals surface area contributed by atoms with Gasteiger partial charge in [0, 0.05) is 36.0 Å². The van der Waals surface area contributed by atoms with Crippen molar-refractivity contribution in [2.45, 2.75) is 25.7 Å². The van der Waals surface area contributed by atoms with Crippen LogP contribution >= 0.6 is 0 Å². The van der Waals surface area contributed by atoms with E-state index in [0.29, 0.717) is 17.3 Å². The van der Waals surface area contributed by atoms with Crippen molar-refractivity contribution in [3.8, 4) is 0 Å². The number of rotatable bonds is 4. The lowest BCUT2D eigenvalue weighted by Gasteiger charge is -2.12. The van der Waals surface area contributed by atoms with Crippen molar-refractivity contribution in [2.75, 3.05) is 12.4 Å². The standard InChI is InChI=1S/C20H21N3O2/c1-12-11-23(2)18-7-6-15(9-16(12)18)22-19-17(20(24)25-3)8-14(10-21-19)13-4-5-13/h6-11,13H,4-5H2,1-3H3,(H,21,22). The number of aromatic nitrogens is 2. The van der Waals surface area contributed by atoms with Gasteiger partial charge in [0.25, 0.3) is 0 Å². The number of carbonyl (C=O) groups excluding carboxylic acids is 1. The number of benzene rings is 1. The number of hydrogen-bond donors (Lipinski definition) is 1. The zero-order valence-electron chi connectivity index (χ0n) is 14.7. The van der Waals surface area contributed by atoms with E-state index in [1.165, 1.54) is 36.4 Å². The molecule has 3 aromatic rings. The predicted molar refractivity (Wildman–Crippen MR) is 98.5 cm³/mol. The Morgan fingerprint density at radius 3 is 2.84 bits per heavy atom. The maximum atomic E-state index is 12.2. The van der Waals surface area contributed by atoms with Crippen LogP contribution in [0.3, 0.4) is 0 Å². The van der Waals surface area contributed by atoms with Crippen LogP contribution in [-0.4, -0.2) is 22.6 Å². The summed E-state index contributed by atoms with van der Waals surface area (Å²) >= 11 is 0. The molecule has 1 aromatic carbocycles. The molecule has 0 aliphatic heterocycles. The first-order chi connectivity index (χ1) is 12.1. The Hall–Kier alpha value is -2.82. The van der Waals surface area contributed by atoms with Gasteiger partial charge in [0.2, 0.25) is 0 Å². The molecule has 5 heteroatoms. The summed E-state index contributed by atoms with van der Waals surface area (Å²) < 4.78 is 7.05. The average Bonchev–Trinajstić information content (AvgIpc) is 3.42. The normalized spacial score (nSPS) is 13.9. The number of anilines is 2. The first-order valence-electron chi connectivity index (χ1n) is 8.48. The van der Waals surface area contributed by atoms with Crippen LogP contribution in [0.1, 0.15) is 40.2 Å². The Balaban J connectivity index is 1.72. The van der Waals surface area contributed by atoms with Gasteiger partial charge < -0.3 is 14.6 Å². The van der Waals surface area contributed by atoms with E-state index in [1.807, 2.05) is 25.4 Å². The summed E-state index contributed by atoms with van der Waals surface area (Å²) in [5, 5.41) is 4.46. The lowest BCUT2D eigenvalue weighted by molar-refractivity contribution is 0.0601. The molecule has 0 spiro atoms. The van der Waals surface area contributed by atoms with E-state index in [4.69, 9.17) is 4.74 Å². The number of hydrogen-bond acceptors (Lipinski definition) is 4. The zero-order valence-corrected chi connectivity index (χ0v) is 14.7. The van der Waals surface area contributed by atoms with Crippen LogP contribution in [0.5, 0.6) is 0 Å². The Labute approximate surface area is 146 Å². The number of esters is 1. The van der Waals surface area contributed by atoms with Crippen molar-refractivity contribution in [3.63, 3.8) is 0 Å². The summed E-state index contributed by atoms with van der Waals surface area (Å²) in [6.07, 6.45) is 6.30. The highest BCUT2D eigenvalue weighted by atomic mass is 16.5. The monoisotopic (exact) mass is 335 g/mol. The molecule has 5 nitrogen and oxygen atoms in total. The molecule has 1 aliphatic carbocycles. The Bertz CT molecular complexity index is 970. The van der Waals surface area contributed by atoms with Crippen LogP contribution in [-0.2, 0) is 11.8 Å². The van der Waals surface area contributed by atoms with Crippen LogP contribution in [0, 0.1) is 6.92 Å². The Morgan fingerprint density at radius 2 is 2.12 bits per heavy atom. The van der Waals surface area contributed by atoms with E-state index in [-0.39, 0.29) is 5.97 Å². The quantitative estimate of drug-likeness (QED) is 0.723. The van der Waals surface area contributed by atoms with Crippen LogP contribution in [0.25, 0.3) is 10.9 Å². The van der Waals surface area contributed by atoms with Gasteiger partial charge in [0.1, 0.15) is 11.4 Å². The van der Waals surface area contributed by atoms with Crippen LogP contribution in [0.4, 0.5) is 11.5 Å².